The molecule has 3 amide bonds. The Balaban J connectivity index is 2.29. The monoisotopic (exact) mass is 579 g/mol. The van der Waals surface area contributed by atoms with E-state index in [2.05, 4.69) is 20.9 Å². The van der Waals surface area contributed by atoms with Gasteiger partial charge in [0.1, 0.15) is 18.1 Å². The van der Waals surface area contributed by atoms with Crippen LogP contribution in [0.3, 0.4) is 0 Å². The van der Waals surface area contributed by atoms with Crippen LogP contribution in [0.5, 0.6) is 0 Å². The highest BCUT2D eigenvalue weighted by Crippen LogP contribution is 2.19. The Bertz CT molecular complexity index is 1230. The summed E-state index contributed by atoms with van der Waals surface area (Å²) in [6, 6.07) is 1.65. The third-order valence-electron chi connectivity index (χ3n) is 5.97. The molecule has 1 heterocycles. The summed E-state index contributed by atoms with van der Waals surface area (Å²) in [5, 5.41) is 35.5. The first-order valence-electron chi connectivity index (χ1n) is 12.3. The summed E-state index contributed by atoms with van der Waals surface area (Å²) in [6.07, 6.45) is 1.95. The van der Waals surface area contributed by atoms with E-state index >= 15 is 0 Å². The summed E-state index contributed by atoms with van der Waals surface area (Å²) < 4.78 is 0. The van der Waals surface area contributed by atoms with Gasteiger partial charge in [0.15, 0.2) is 0 Å². The van der Waals surface area contributed by atoms with Crippen molar-refractivity contribution in [1.82, 2.24) is 20.9 Å². The number of fused-ring (bicyclic) bond motifs is 1. The number of aromatic nitrogens is 1. The second-order valence-corrected chi connectivity index (χ2v) is 9.99. The van der Waals surface area contributed by atoms with Crippen LogP contribution in [-0.4, -0.2) is 92.1 Å². The number of carboxylic acid groups (broad SMARTS) is 3. The third-order valence-corrected chi connectivity index (χ3v) is 6.62. The van der Waals surface area contributed by atoms with Gasteiger partial charge in [0.25, 0.3) is 0 Å². The van der Waals surface area contributed by atoms with Crippen LogP contribution < -0.4 is 21.7 Å². The van der Waals surface area contributed by atoms with Gasteiger partial charge in [-0.05, 0) is 36.5 Å². The van der Waals surface area contributed by atoms with Crippen LogP contribution in [0.15, 0.2) is 30.5 Å². The van der Waals surface area contributed by atoms with Crippen LogP contribution in [0.1, 0.15) is 31.2 Å². The van der Waals surface area contributed by atoms with Crippen molar-refractivity contribution in [2.75, 3.05) is 12.0 Å². The molecule has 40 heavy (non-hydrogen) atoms. The fourth-order valence-corrected chi connectivity index (χ4v) is 4.31. The SMILES string of the molecule is CSCCC(NC(=O)C(Cc1c[nH]c2ccccc12)NC(=O)C(CC(=O)O)NC(=O)C(N)CCC(=O)O)C(=O)O. The van der Waals surface area contributed by atoms with Gasteiger partial charge in [0.05, 0.1) is 12.5 Å². The molecule has 2 rings (SSSR count). The minimum atomic E-state index is -1.65. The smallest absolute Gasteiger partial charge is 0.326 e. The molecule has 15 heteroatoms. The number of carbonyl (C=O) groups excluding carboxylic acids is 3. The maximum absolute atomic E-state index is 13.3. The van der Waals surface area contributed by atoms with Crippen molar-refractivity contribution < 1.29 is 44.1 Å². The molecule has 0 saturated carbocycles. The molecule has 9 N–H and O–H groups in total. The maximum Gasteiger partial charge on any atom is 0.326 e. The van der Waals surface area contributed by atoms with Gasteiger partial charge in [-0.3, -0.25) is 24.0 Å². The number of para-hydroxylation sites is 1. The molecule has 0 aliphatic carbocycles. The molecule has 0 fully saturated rings. The van der Waals surface area contributed by atoms with Gasteiger partial charge in [0, 0.05) is 29.9 Å². The zero-order chi connectivity index (χ0) is 29.8. The molecule has 4 atom stereocenters. The lowest BCUT2D eigenvalue weighted by atomic mass is 10.0. The first-order valence-corrected chi connectivity index (χ1v) is 13.7. The van der Waals surface area contributed by atoms with Gasteiger partial charge in [-0.25, -0.2) is 4.79 Å². The number of nitrogens with one attached hydrogen (secondary N) is 4. The first-order chi connectivity index (χ1) is 18.9. The predicted octanol–water partition coefficient (Wildman–Crippen LogP) is -0.331. The summed E-state index contributed by atoms with van der Waals surface area (Å²) in [5.41, 5.74) is 7.07. The number of rotatable bonds is 17. The van der Waals surface area contributed by atoms with E-state index in [0.717, 1.165) is 10.9 Å². The molecule has 0 aliphatic rings. The van der Waals surface area contributed by atoms with Gasteiger partial charge < -0.3 is 42.0 Å². The molecule has 1 aromatic heterocycles. The number of H-pyrrole nitrogens is 1. The van der Waals surface area contributed by atoms with E-state index in [0.29, 0.717) is 11.3 Å². The van der Waals surface area contributed by atoms with Crippen LogP contribution in [-0.2, 0) is 35.2 Å². The fourth-order valence-electron chi connectivity index (χ4n) is 3.84. The van der Waals surface area contributed by atoms with Gasteiger partial charge >= 0.3 is 17.9 Å². The predicted molar refractivity (Wildman–Crippen MR) is 146 cm³/mol. The molecule has 0 radical (unpaired) electrons. The molecule has 0 saturated heterocycles. The largest absolute Gasteiger partial charge is 0.481 e. The second kappa shape index (κ2) is 15.5. The lowest BCUT2D eigenvalue weighted by molar-refractivity contribution is -0.143. The summed E-state index contributed by atoms with van der Waals surface area (Å²) >= 11 is 1.39. The molecule has 0 bridgehead atoms. The average molecular weight is 580 g/mol. The topological polar surface area (TPSA) is 241 Å². The lowest BCUT2D eigenvalue weighted by Gasteiger charge is -2.24. The van der Waals surface area contributed by atoms with Crippen molar-refractivity contribution in [1.29, 1.82) is 0 Å². The first kappa shape index (κ1) is 32.1. The Labute approximate surface area is 233 Å². The van der Waals surface area contributed by atoms with Gasteiger partial charge in [-0.15, -0.1) is 0 Å². The number of hydrogen-bond acceptors (Lipinski definition) is 8. The highest BCUT2D eigenvalue weighted by molar-refractivity contribution is 7.98. The van der Waals surface area contributed by atoms with E-state index in [1.807, 2.05) is 0 Å². The van der Waals surface area contributed by atoms with E-state index in [-0.39, 0.29) is 19.3 Å². The number of benzene rings is 1. The number of carbonyl (C=O) groups is 6. The van der Waals surface area contributed by atoms with Crippen LogP contribution in [0.2, 0.25) is 0 Å². The Morgan fingerprint density at radius 2 is 1.50 bits per heavy atom. The molecule has 0 aliphatic heterocycles. The number of thioether (sulfide) groups is 1. The molecule has 1 aromatic carbocycles. The van der Waals surface area contributed by atoms with E-state index in [4.69, 9.17) is 10.8 Å². The van der Waals surface area contributed by atoms with Crippen molar-refractivity contribution >= 4 is 58.3 Å². The van der Waals surface area contributed by atoms with Crippen molar-refractivity contribution in [2.24, 2.45) is 5.73 Å². The number of hydrogen-bond donors (Lipinski definition) is 8. The third kappa shape index (κ3) is 9.89. The van der Waals surface area contributed by atoms with Crippen molar-refractivity contribution in [3.8, 4) is 0 Å². The van der Waals surface area contributed by atoms with Crippen LogP contribution in [0.25, 0.3) is 10.9 Å². The number of amides is 3. The summed E-state index contributed by atoms with van der Waals surface area (Å²) in [6.45, 7) is 0. The number of aromatic amines is 1. The molecule has 14 nitrogen and oxygen atoms in total. The maximum atomic E-state index is 13.3. The Hall–Kier alpha value is -4.11. The Kier molecular flexibility index (Phi) is 12.4. The number of aliphatic carboxylic acids is 3. The minimum absolute atomic E-state index is 0.0810. The fraction of sp³-hybridized carbons (Fsp3) is 0.440. The Morgan fingerprint density at radius 3 is 2.12 bits per heavy atom. The van der Waals surface area contributed by atoms with E-state index in [9.17, 15) is 39.0 Å². The number of nitrogens with two attached hydrogens (primary N) is 1. The lowest BCUT2D eigenvalue weighted by Crippen LogP contribution is -2.58. The summed E-state index contributed by atoms with van der Waals surface area (Å²) in [7, 11) is 0. The molecular weight excluding hydrogens is 546 g/mol. The van der Waals surface area contributed by atoms with Crippen LogP contribution in [0, 0.1) is 0 Å². The molecule has 2 aromatic rings. The standard InChI is InChI=1S/C25H33N5O9S/c1-40-9-8-17(25(38)39)28-23(36)18(10-13-12-27-16-5-3-2-4-14(13)16)30-24(37)19(11-21(33)34)29-22(35)15(26)6-7-20(31)32/h2-5,12,15,17-19,27H,6-11,26H2,1H3,(H,28,36)(H,29,35)(H,30,37)(H,31,32)(H,33,34)(H,38,39). The highest BCUT2D eigenvalue weighted by atomic mass is 32.2. The van der Waals surface area contributed by atoms with Crippen molar-refractivity contribution in [3.05, 3.63) is 36.0 Å². The average Bonchev–Trinajstić information content (AvgIpc) is 3.30. The van der Waals surface area contributed by atoms with Crippen LogP contribution >= 0.6 is 11.8 Å². The quantitative estimate of drug-likeness (QED) is 0.121. The van der Waals surface area contributed by atoms with E-state index < -0.39 is 72.6 Å². The zero-order valence-corrected chi connectivity index (χ0v) is 22.5. The molecule has 0 spiro atoms. The Morgan fingerprint density at radius 1 is 0.875 bits per heavy atom. The van der Waals surface area contributed by atoms with E-state index in [1.165, 1.54) is 11.8 Å². The van der Waals surface area contributed by atoms with Gasteiger partial charge in [0.2, 0.25) is 17.7 Å². The molecular formula is C25H33N5O9S. The summed E-state index contributed by atoms with van der Waals surface area (Å²) in [5.74, 6) is -6.20. The normalized spacial score (nSPS) is 13.9. The van der Waals surface area contributed by atoms with Crippen molar-refractivity contribution in [2.45, 2.75) is 56.3 Å². The number of carboxylic acids is 3. The highest BCUT2D eigenvalue weighted by Gasteiger charge is 2.32. The second-order valence-electron chi connectivity index (χ2n) is 9.00. The van der Waals surface area contributed by atoms with Gasteiger partial charge in [-0.1, -0.05) is 18.2 Å². The molecule has 218 valence electrons. The van der Waals surface area contributed by atoms with Gasteiger partial charge in [-0.2, -0.15) is 11.8 Å². The minimum Gasteiger partial charge on any atom is -0.481 e. The van der Waals surface area contributed by atoms with Crippen LogP contribution in [0.4, 0.5) is 0 Å². The van der Waals surface area contributed by atoms with Crippen molar-refractivity contribution in [3.63, 3.8) is 0 Å². The molecule has 4 unspecified atom stereocenters. The summed E-state index contributed by atoms with van der Waals surface area (Å²) in [4.78, 5) is 75.8. The van der Waals surface area contributed by atoms with E-state index in [1.54, 1.807) is 36.7 Å². The zero-order valence-electron chi connectivity index (χ0n) is 21.7.